The quantitative estimate of drug-likeness (QED) is 0.748. The van der Waals surface area contributed by atoms with Crippen LogP contribution in [0, 0.1) is 5.92 Å². The van der Waals surface area contributed by atoms with E-state index in [4.69, 9.17) is 15.2 Å². The summed E-state index contributed by atoms with van der Waals surface area (Å²) in [6, 6.07) is 8.99. The highest BCUT2D eigenvalue weighted by atomic mass is 16.6. The fourth-order valence-electron chi connectivity index (χ4n) is 2.13. The molecule has 3 atom stereocenters. The molecule has 21 heavy (non-hydrogen) atoms. The van der Waals surface area contributed by atoms with Crippen LogP contribution in [0.2, 0.25) is 0 Å². The van der Waals surface area contributed by atoms with E-state index >= 15 is 0 Å². The van der Waals surface area contributed by atoms with Gasteiger partial charge in [-0.2, -0.15) is 0 Å². The van der Waals surface area contributed by atoms with Gasteiger partial charge >= 0.3 is 5.97 Å². The topological polar surface area (TPSA) is 61.5 Å². The van der Waals surface area contributed by atoms with E-state index in [2.05, 4.69) is 20.8 Å². The maximum absolute atomic E-state index is 11.8. The molecule has 0 aliphatic rings. The number of rotatable bonds is 8. The highest BCUT2D eigenvalue weighted by molar-refractivity contribution is 5.75. The fourth-order valence-corrected chi connectivity index (χ4v) is 2.13. The van der Waals surface area contributed by atoms with Crippen LogP contribution in [0.1, 0.15) is 40.5 Å². The van der Waals surface area contributed by atoms with Crippen LogP contribution in [0.25, 0.3) is 0 Å². The Kier molecular flexibility index (Phi) is 7.23. The van der Waals surface area contributed by atoms with E-state index in [1.165, 1.54) is 0 Å². The summed E-state index contributed by atoms with van der Waals surface area (Å²) >= 11 is 0. The summed E-state index contributed by atoms with van der Waals surface area (Å²) in [6.45, 7) is 7.83. The molecule has 0 spiro atoms. The van der Waals surface area contributed by atoms with E-state index in [-0.39, 0.29) is 24.1 Å². The van der Waals surface area contributed by atoms with E-state index in [0.717, 1.165) is 18.6 Å². The summed E-state index contributed by atoms with van der Waals surface area (Å²) in [4.78, 5) is 11.8. The molecule has 0 saturated carbocycles. The Morgan fingerprint density at radius 2 is 1.81 bits per heavy atom. The van der Waals surface area contributed by atoms with Crippen molar-refractivity contribution in [1.82, 2.24) is 0 Å². The zero-order chi connectivity index (χ0) is 15.8. The Hall–Kier alpha value is -1.55. The SMILES string of the molecule is CCC[C@H](OC(=O)[C@H](C)N)[C@H](Oc1ccccc1)C(C)C. The summed E-state index contributed by atoms with van der Waals surface area (Å²) in [5.41, 5.74) is 5.59. The average molecular weight is 293 g/mol. The third-order valence-electron chi connectivity index (χ3n) is 3.25. The molecule has 4 nitrogen and oxygen atoms in total. The molecule has 0 saturated heterocycles. The summed E-state index contributed by atoms with van der Waals surface area (Å²) in [6.07, 6.45) is 1.20. The number of ether oxygens (including phenoxy) is 2. The molecule has 2 N–H and O–H groups in total. The van der Waals surface area contributed by atoms with Crippen molar-refractivity contribution < 1.29 is 14.3 Å². The molecule has 0 amide bonds. The highest BCUT2D eigenvalue weighted by Gasteiger charge is 2.30. The van der Waals surface area contributed by atoms with Gasteiger partial charge in [-0.25, -0.2) is 0 Å². The second-order valence-electron chi connectivity index (χ2n) is 5.69. The van der Waals surface area contributed by atoms with Gasteiger partial charge in [0.25, 0.3) is 0 Å². The van der Waals surface area contributed by atoms with Gasteiger partial charge in [-0.15, -0.1) is 0 Å². The molecule has 0 aromatic heterocycles. The Labute approximate surface area is 127 Å². The third kappa shape index (κ3) is 5.76. The molecular weight excluding hydrogens is 266 g/mol. The minimum atomic E-state index is -0.617. The molecular formula is C17H27NO3. The van der Waals surface area contributed by atoms with Crippen molar-refractivity contribution in [2.45, 2.75) is 58.8 Å². The van der Waals surface area contributed by atoms with Crippen molar-refractivity contribution in [2.75, 3.05) is 0 Å². The second kappa shape index (κ2) is 8.67. The molecule has 4 heteroatoms. The number of nitrogens with two attached hydrogens (primary N) is 1. The number of para-hydroxylation sites is 1. The Bertz CT molecular complexity index is 417. The van der Waals surface area contributed by atoms with Crippen LogP contribution in [0.3, 0.4) is 0 Å². The number of hydrogen-bond acceptors (Lipinski definition) is 4. The van der Waals surface area contributed by atoms with E-state index in [0.29, 0.717) is 0 Å². The van der Waals surface area contributed by atoms with Crippen LogP contribution < -0.4 is 10.5 Å². The molecule has 0 bridgehead atoms. The van der Waals surface area contributed by atoms with Gasteiger partial charge in [0, 0.05) is 0 Å². The van der Waals surface area contributed by atoms with E-state index in [9.17, 15) is 4.79 Å². The minimum absolute atomic E-state index is 0.185. The molecule has 0 aliphatic carbocycles. The lowest BCUT2D eigenvalue weighted by atomic mass is 9.98. The summed E-state index contributed by atoms with van der Waals surface area (Å²) < 4.78 is 11.6. The van der Waals surface area contributed by atoms with Gasteiger partial charge in [0.2, 0.25) is 0 Å². The van der Waals surface area contributed by atoms with Gasteiger partial charge in [-0.3, -0.25) is 4.79 Å². The molecule has 1 aromatic carbocycles. The van der Waals surface area contributed by atoms with Gasteiger partial charge in [0.1, 0.15) is 24.0 Å². The van der Waals surface area contributed by atoms with Gasteiger partial charge in [0.15, 0.2) is 0 Å². The second-order valence-corrected chi connectivity index (χ2v) is 5.69. The first-order valence-electron chi connectivity index (χ1n) is 7.63. The predicted octanol–water partition coefficient (Wildman–Crippen LogP) is 3.15. The number of carbonyl (C=O) groups excluding carboxylic acids is 1. The minimum Gasteiger partial charge on any atom is -0.486 e. The van der Waals surface area contributed by atoms with Gasteiger partial charge in [0.05, 0.1) is 0 Å². The van der Waals surface area contributed by atoms with Crippen molar-refractivity contribution in [2.24, 2.45) is 11.7 Å². The van der Waals surface area contributed by atoms with Gasteiger partial charge in [-0.1, -0.05) is 45.4 Å². The zero-order valence-corrected chi connectivity index (χ0v) is 13.4. The van der Waals surface area contributed by atoms with Crippen LogP contribution in [0.15, 0.2) is 30.3 Å². The molecule has 0 unspecified atom stereocenters. The largest absolute Gasteiger partial charge is 0.486 e. The molecule has 118 valence electrons. The van der Waals surface area contributed by atoms with Crippen molar-refractivity contribution in [3.05, 3.63) is 30.3 Å². The van der Waals surface area contributed by atoms with Crippen LogP contribution in [0.5, 0.6) is 5.75 Å². The van der Waals surface area contributed by atoms with E-state index in [1.807, 2.05) is 30.3 Å². The Morgan fingerprint density at radius 1 is 1.19 bits per heavy atom. The number of benzene rings is 1. The zero-order valence-electron chi connectivity index (χ0n) is 13.4. The smallest absolute Gasteiger partial charge is 0.323 e. The van der Waals surface area contributed by atoms with Crippen molar-refractivity contribution >= 4 is 5.97 Å². The Morgan fingerprint density at radius 3 is 2.29 bits per heavy atom. The van der Waals surface area contributed by atoms with Crippen molar-refractivity contribution in [3.63, 3.8) is 0 Å². The lowest BCUT2D eigenvalue weighted by Gasteiger charge is -2.31. The monoisotopic (exact) mass is 293 g/mol. The third-order valence-corrected chi connectivity index (χ3v) is 3.25. The van der Waals surface area contributed by atoms with Crippen LogP contribution in [0.4, 0.5) is 0 Å². The first kappa shape index (κ1) is 17.5. The fraction of sp³-hybridized carbons (Fsp3) is 0.588. The summed E-state index contributed by atoms with van der Waals surface area (Å²) in [5.74, 6) is 0.632. The van der Waals surface area contributed by atoms with Crippen LogP contribution in [-0.4, -0.2) is 24.2 Å². The van der Waals surface area contributed by atoms with E-state index < -0.39 is 6.04 Å². The highest BCUT2D eigenvalue weighted by Crippen LogP contribution is 2.22. The number of esters is 1. The van der Waals surface area contributed by atoms with Crippen molar-refractivity contribution in [3.8, 4) is 5.75 Å². The van der Waals surface area contributed by atoms with E-state index in [1.54, 1.807) is 6.92 Å². The predicted molar refractivity (Wildman–Crippen MR) is 84.1 cm³/mol. The molecule has 0 heterocycles. The maximum Gasteiger partial charge on any atom is 0.323 e. The molecule has 0 aliphatic heterocycles. The van der Waals surface area contributed by atoms with Gasteiger partial charge < -0.3 is 15.2 Å². The van der Waals surface area contributed by atoms with Crippen LogP contribution in [-0.2, 0) is 9.53 Å². The summed E-state index contributed by atoms with van der Waals surface area (Å²) in [7, 11) is 0. The number of carbonyl (C=O) groups is 1. The lowest BCUT2D eigenvalue weighted by molar-refractivity contribution is -0.157. The first-order chi connectivity index (χ1) is 9.95. The standard InChI is InChI=1S/C17H27NO3/c1-5-9-15(21-17(19)13(4)18)16(12(2)3)20-14-10-7-6-8-11-14/h6-8,10-13,15-16H,5,9,18H2,1-4H3/t13-,15-,16+/m0/s1. The Balaban J connectivity index is 2.84. The lowest BCUT2D eigenvalue weighted by Crippen LogP contribution is -2.42. The van der Waals surface area contributed by atoms with Crippen LogP contribution >= 0.6 is 0 Å². The molecule has 0 radical (unpaired) electrons. The average Bonchev–Trinajstić information content (AvgIpc) is 2.45. The summed E-state index contributed by atoms with van der Waals surface area (Å²) in [5, 5.41) is 0. The van der Waals surface area contributed by atoms with Gasteiger partial charge in [-0.05, 0) is 31.4 Å². The van der Waals surface area contributed by atoms with Crippen molar-refractivity contribution in [1.29, 1.82) is 0 Å². The number of hydrogen-bond donors (Lipinski definition) is 1. The maximum atomic E-state index is 11.8. The molecule has 1 rings (SSSR count). The molecule has 1 aromatic rings. The first-order valence-corrected chi connectivity index (χ1v) is 7.63. The normalized spacial score (nSPS) is 15.3. The molecule has 0 fully saturated rings.